The van der Waals surface area contributed by atoms with Crippen LogP contribution in [-0.2, 0) is 20.7 Å². The third-order valence-corrected chi connectivity index (χ3v) is 9.36. The molecule has 0 saturated carbocycles. The second kappa shape index (κ2) is 12.3. The Morgan fingerprint density at radius 2 is 0.755 bits per heavy atom. The lowest BCUT2D eigenvalue weighted by atomic mass is 9.77. The lowest BCUT2D eigenvalue weighted by Gasteiger charge is -2.36. The van der Waals surface area contributed by atoms with Crippen LogP contribution in [0.1, 0.15) is 54.1 Å². The Bertz CT molecular complexity index is 2290. The minimum Gasteiger partial charge on any atom is -0.508 e. The number of ether oxygens (including phenoxy) is 4. The van der Waals surface area contributed by atoms with Gasteiger partial charge in [0.1, 0.15) is 46.0 Å². The van der Waals surface area contributed by atoms with Crippen molar-refractivity contribution in [3.63, 3.8) is 0 Å². The fourth-order valence-corrected chi connectivity index (χ4v) is 7.31. The quantitative estimate of drug-likeness (QED) is 0.0583. The highest BCUT2D eigenvalue weighted by atomic mass is 32.1. The number of rotatable bonds is 0. The molecule has 0 saturated heterocycles. The molecule has 0 amide bonds. The normalized spacial score (nSPS) is 15.0. The Balaban J connectivity index is 0.000000141. The van der Waals surface area contributed by atoms with Gasteiger partial charge in [-0.1, -0.05) is 36.4 Å². The second-order valence-corrected chi connectivity index (χ2v) is 12.5. The summed E-state index contributed by atoms with van der Waals surface area (Å²) in [5, 5.41) is 46.7. The Morgan fingerprint density at radius 1 is 0.472 bits per heavy atom. The van der Waals surface area contributed by atoms with Gasteiger partial charge < -0.3 is 39.4 Å². The molecule has 6 aromatic carbocycles. The van der Waals surface area contributed by atoms with Crippen LogP contribution in [0, 0.1) is 5.41 Å². The van der Waals surface area contributed by atoms with Gasteiger partial charge in [-0.15, -0.1) is 0 Å². The van der Waals surface area contributed by atoms with Crippen LogP contribution in [0.3, 0.4) is 0 Å². The van der Waals surface area contributed by atoms with Gasteiger partial charge in [0.2, 0.25) is 0 Å². The molecule has 0 bridgehead atoms. The molecule has 0 radical (unpaired) electrons. The van der Waals surface area contributed by atoms with E-state index in [0.717, 1.165) is 0 Å². The van der Waals surface area contributed by atoms with Gasteiger partial charge in [-0.3, -0.25) is 0 Å². The maximum absolute atomic E-state index is 12.5. The van der Waals surface area contributed by atoms with E-state index in [0.29, 0.717) is 67.5 Å². The van der Waals surface area contributed by atoms with Gasteiger partial charge in [0.25, 0.3) is 0 Å². The van der Waals surface area contributed by atoms with Crippen molar-refractivity contribution in [3.8, 4) is 46.0 Å². The van der Waals surface area contributed by atoms with Gasteiger partial charge in [-0.05, 0) is 72.9 Å². The van der Waals surface area contributed by atoms with Gasteiger partial charge >= 0.3 is 11.9 Å². The monoisotopic (exact) mass is 723 g/mol. The van der Waals surface area contributed by atoms with Crippen LogP contribution in [0.2, 0.25) is 0 Å². The van der Waals surface area contributed by atoms with Crippen molar-refractivity contribution >= 4 is 29.3 Å². The van der Waals surface area contributed by atoms with Crippen LogP contribution >= 0.6 is 12.2 Å². The molecule has 12 heteroatoms. The van der Waals surface area contributed by atoms with Gasteiger partial charge in [0, 0.05) is 57.6 Å². The molecule has 260 valence electrons. The van der Waals surface area contributed by atoms with Crippen LogP contribution in [0.4, 0.5) is 0 Å². The zero-order chi connectivity index (χ0) is 37.1. The number of hydrogen-bond donors (Lipinski definition) is 5. The Labute approximate surface area is 306 Å². The zero-order valence-electron chi connectivity index (χ0n) is 27.2. The van der Waals surface area contributed by atoms with E-state index in [1.165, 1.54) is 48.5 Å². The molecule has 6 aromatic rings. The summed E-state index contributed by atoms with van der Waals surface area (Å²) in [5.41, 5.74) is 2.57. The first-order chi connectivity index (χ1) is 25.6. The molecule has 2 spiro atoms. The lowest BCUT2D eigenvalue weighted by molar-refractivity contribution is 0.0214. The highest BCUT2D eigenvalue weighted by Crippen LogP contribution is 2.58. The van der Waals surface area contributed by atoms with Crippen LogP contribution in [0.5, 0.6) is 46.0 Å². The third-order valence-electron chi connectivity index (χ3n) is 9.36. The van der Waals surface area contributed by atoms with E-state index in [4.69, 9.17) is 24.4 Å². The summed E-state index contributed by atoms with van der Waals surface area (Å²) < 4.78 is 23.6. The number of hydrogen-bond acceptors (Lipinski definition) is 12. The number of carbonyl (C=O) groups is 2. The number of thiocarbonyl (C=S) groups is 1. The van der Waals surface area contributed by atoms with Crippen molar-refractivity contribution in [1.82, 2.24) is 0 Å². The fourth-order valence-electron chi connectivity index (χ4n) is 7.31. The number of benzene rings is 6. The minimum atomic E-state index is -1.17. The summed E-state index contributed by atoms with van der Waals surface area (Å²) in [4.78, 5) is 25.1. The summed E-state index contributed by atoms with van der Waals surface area (Å²) in [6.07, 6.45) is 0. The zero-order valence-corrected chi connectivity index (χ0v) is 28.0. The predicted molar refractivity (Wildman–Crippen MR) is 191 cm³/mol. The summed E-state index contributed by atoms with van der Waals surface area (Å²) >= 11 is 3.81. The van der Waals surface area contributed by atoms with Crippen molar-refractivity contribution < 1.29 is 49.0 Å². The average molecular weight is 724 g/mol. The first-order valence-electron chi connectivity index (χ1n) is 16.0. The average Bonchev–Trinajstić information content (AvgIpc) is 3.60. The predicted octanol–water partition coefficient (Wildman–Crippen LogP) is 8.00. The number of phenolic OH excluding ortho intramolecular Hbond substituents is 4. The number of carbonyl (C=O) groups excluding carboxylic acids is 2. The Hall–Kier alpha value is -7.14. The summed E-state index contributed by atoms with van der Waals surface area (Å²) in [6, 6.07) is 33.2. The molecule has 0 unspecified atom stereocenters. The summed E-state index contributed by atoms with van der Waals surface area (Å²) in [5.74, 6) is 0.817. The highest BCUT2D eigenvalue weighted by molar-refractivity contribution is 7.78. The standard InChI is InChI=1S/2C20H12O5.CHNS/c2*21-11-5-7-15-17(9-11)24-18-10-12(22)6-8-16(18)20(15)14-4-2-1-3-13(14)19(23)25-20;2-1-3/h2*1-10,21-22H;2H. The van der Waals surface area contributed by atoms with Crippen molar-refractivity contribution in [2.45, 2.75) is 11.2 Å². The largest absolute Gasteiger partial charge is 0.508 e. The molecular formula is C41H25NO10S. The minimum absolute atomic E-state index is 0.0371. The maximum atomic E-state index is 12.5. The SMILES string of the molecule is N=C=S.O=C1OC2(c3ccc(O)cc3Oc3cc(O)ccc32)c2ccccc21.O=C1OC2(c3ccc(O)cc3Oc3cc(O)ccc32)c2ccccc21. The van der Waals surface area contributed by atoms with E-state index in [9.17, 15) is 30.0 Å². The van der Waals surface area contributed by atoms with Crippen LogP contribution < -0.4 is 9.47 Å². The van der Waals surface area contributed by atoms with Crippen molar-refractivity contribution in [1.29, 1.82) is 5.41 Å². The number of nitrogens with one attached hydrogen (secondary N) is 1. The van der Waals surface area contributed by atoms with E-state index in [2.05, 4.69) is 12.2 Å². The van der Waals surface area contributed by atoms with Gasteiger partial charge in [-0.2, -0.15) is 0 Å². The Morgan fingerprint density at radius 3 is 1.06 bits per heavy atom. The van der Waals surface area contributed by atoms with E-state index >= 15 is 0 Å². The molecule has 0 aliphatic carbocycles. The van der Waals surface area contributed by atoms with Crippen LogP contribution in [0.25, 0.3) is 0 Å². The first-order valence-corrected chi connectivity index (χ1v) is 16.4. The third kappa shape index (κ3) is 4.96. The fraction of sp³-hybridized carbons (Fsp3) is 0.0488. The van der Waals surface area contributed by atoms with Crippen LogP contribution in [0.15, 0.2) is 121 Å². The maximum Gasteiger partial charge on any atom is 0.340 e. The smallest absolute Gasteiger partial charge is 0.340 e. The molecule has 4 aliphatic rings. The Kier molecular flexibility index (Phi) is 7.65. The van der Waals surface area contributed by atoms with E-state index < -0.39 is 23.1 Å². The second-order valence-electron chi connectivity index (χ2n) is 12.3. The summed E-state index contributed by atoms with van der Waals surface area (Å²) in [6.45, 7) is 0. The number of aromatic hydroxyl groups is 4. The van der Waals surface area contributed by atoms with E-state index in [1.54, 1.807) is 53.7 Å². The molecule has 0 atom stereocenters. The van der Waals surface area contributed by atoms with E-state index in [1.807, 2.05) is 24.3 Å². The molecule has 5 N–H and O–H groups in total. The number of esters is 2. The molecular weight excluding hydrogens is 699 g/mol. The van der Waals surface area contributed by atoms with Crippen molar-refractivity contribution in [3.05, 3.63) is 166 Å². The lowest BCUT2D eigenvalue weighted by Crippen LogP contribution is -2.32. The molecule has 0 fully saturated rings. The van der Waals surface area contributed by atoms with Gasteiger partial charge in [-0.25, -0.2) is 15.0 Å². The first kappa shape index (κ1) is 33.0. The van der Waals surface area contributed by atoms with Gasteiger partial charge in [0.15, 0.2) is 11.2 Å². The van der Waals surface area contributed by atoms with Crippen molar-refractivity contribution in [2.24, 2.45) is 0 Å². The molecule has 4 heterocycles. The molecule has 53 heavy (non-hydrogen) atoms. The molecule has 4 aliphatic heterocycles. The molecule has 11 nitrogen and oxygen atoms in total. The molecule has 10 rings (SSSR count). The van der Waals surface area contributed by atoms with E-state index in [-0.39, 0.29) is 23.0 Å². The topological polar surface area (TPSA) is 176 Å². The highest BCUT2D eigenvalue weighted by Gasteiger charge is 2.55. The summed E-state index contributed by atoms with van der Waals surface area (Å²) in [7, 11) is 0. The van der Waals surface area contributed by atoms with Crippen molar-refractivity contribution in [2.75, 3.05) is 0 Å². The van der Waals surface area contributed by atoms with Crippen LogP contribution in [-0.4, -0.2) is 37.5 Å². The number of isothiocyanates is 1. The molecule has 0 aromatic heterocycles. The van der Waals surface area contributed by atoms with Gasteiger partial charge in [0.05, 0.1) is 16.3 Å². The number of phenols is 4. The number of fused-ring (bicyclic) bond motifs is 12.